The first-order valence-electron chi connectivity index (χ1n) is 12.9. The fraction of sp³-hybridized carbons (Fsp3) is 0.121. The van der Waals surface area contributed by atoms with Gasteiger partial charge in [-0.3, -0.25) is 14.4 Å². The SMILES string of the molecule is COc1ccc(/C=C(\NC(=O)c2ccccc2)C(=O)Nc2ccc(SCC(=O)Nc3ccc(C)cc3C)cc2)cc1. The van der Waals surface area contributed by atoms with Crippen molar-refractivity contribution < 1.29 is 19.1 Å². The number of benzene rings is 4. The number of thioether (sulfide) groups is 1. The molecule has 0 atom stereocenters. The van der Waals surface area contributed by atoms with Crippen molar-refractivity contribution in [2.24, 2.45) is 0 Å². The summed E-state index contributed by atoms with van der Waals surface area (Å²) in [6.07, 6.45) is 1.61. The van der Waals surface area contributed by atoms with E-state index in [-0.39, 0.29) is 17.4 Å². The number of hydrogen-bond donors (Lipinski definition) is 3. The number of aryl methyl sites for hydroxylation is 2. The molecule has 0 radical (unpaired) electrons. The first-order chi connectivity index (χ1) is 19.8. The van der Waals surface area contributed by atoms with Crippen LogP contribution >= 0.6 is 11.8 Å². The van der Waals surface area contributed by atoms with Gasteiger partial charge in [0.1, 0.15) is 11.4 Å². The highest BCUT2D eigenvalue weighted by molar-refractivity contribution is 8.00. The second kappa shape index (κ2) is 14.0. The van der Waals surface area contributed by atoms with Gasteiger partial charge in [0.25, 0.3) is 11.8 Å². The van der Waals surface area contributed by atoms with E-state index < -0.39 is 11.8 Å². The van der Waals surface area contributed by atoms with Gasteiger partial charge in [-0.05, 0) is 85.6 Å². The van der Waals surface area contributed by atoms with E-state index in [9.17, 15) is 14.4 Å². The third-order valence-corrected chi connectivity index (χ3v) is 7.11. The zero-order valence-electron chi connectivity index (χ0n) is 23.1. The van der Waals surface area contributed by atoms with Gasteiger partial charge in [-0.15, -0.1) is 11.8 Å². The minimum atomic E-state index is -0.474. The Morgan fingerprint density at radius 3 is 2.20 bits per heavy atom. The van der Waals surface area contributed by atoms with Gasteiger partial charge in [0, 0.05) is 21.8 Å². The number of anilines is 2. The molecule has 3 N–H and O–H groups in total. The van der Waals surface area contributed by atoms with Crippen LogP contribution in [0.15, 0.2) is 108 Å². The lowest BCUT2D eigenvalue weighted by Gasteiger charge is -2.12. The third-order valence-electron chi connectivity index (χ3n) is 6.09. The summed E-state index contributed by atoms with van der Waals surface area (Å²) in [5.74, 6) is -0.0343. The van der Waals surface area contributed by atoms with E-state index in [4.69, 9.17) is 4.74 Å². The predicted molar refractivity (Wildman–Crippen MR) is 165 cm³/mol. The van der Waals surface area contributed by atoms with Crippen LogP contribution in [0.1, 0.15) is 27.0 Å². The Kier molecular flexibility index (Phi) is 9.96. The fourth-order valence-electron chi connectivity index (χ4n) is 3.93. The molecule has 3 amide bonds. The zero-order valence-corrected chi connectivity index (χ0v) is 23.9. The number of carbonyl (C=O) groups excluding carboxylic acids is 3. The second-order valence-electron chi connectivity index (χ2n) is 9.29. The molecule has 0 unspecified atom stereocenters. The molecular formula is C33H31N3O4S. The van der Waals surface area contributed by atoms with Gasteiger partial charge in [0.2, 0.25) is 5.91 Å². The quantitative estimate of drug-likeness (QED) is 0.152. The molecule has 208 valence electrons. The molecule has 0 saturated carbocycles. The summed E-state index contributed by atoms with van der Waals surface area (Å²) in [7, 11) is 1.58. The molecule has 0 heterocycles. The lowest BCUT2D eigenvalue weighted by atomic mass is 10.1. The standard InChI is InChI=1S/C33H31N3O4S/c1-22-9-18-29(23(2)19-22)35-31(37)21-41-28-16-12-26(13-17-28)34-33(39)30(20-24-10-14-27(40-3)15-11-24)36-32(38)25-7-5-4-6-8-25/h4-20H,21H2,1-3H3,(H,34,39)(H,35,37)(H,36,38)/b30-20-. The maximum Gasteiger partial charge on any atom is 0.272 e. The van der Waals surface area contributed by atoms with Crippen LogP contribution in [-0.2, 0) is 9.59 Å². The van der Waals surface area contributed by atoms with Gasteiger partial charge in [-0.2, -0.15) is 0 Å². The molecule has 0 aliphatic carbocycles. The van der Waals surface area contributed by atoms with E-state index in [1.54, 1.807) is 73.8 Å². The average molecular weight is 566 g/mol. The molecule has 0 aliphatic rings. The molecule has 0 aromatic heterocycles. The van der Waals surface area contributed by atoms with E-state index in [1.165, 1.54) is 11.8 Å². The number of nitrogens with one attached hydrogen (secondary N) is 3. The van der Waals surface area contributed by atoms with Gasteiger partial charge in [-0.1, -0.05) is 48.0 Å². The molecular weight excluding hydrogens is 534 g/mol. The maximum atomic E-state index is 13.3. The molecule has 0 aliphatic heterocycles. The number of rotatable bonds is 10. The van der Waals surface area contributed by atoms with Crippen molar-refractivity contribution in [2.75, 3.05) is 23.5 Å². The smallest absolute Gasteiger partial charge is 0.272 e. The van der Waals surface area contributed by atoms with E-state index in [1.807, 2.05) is 50.2 Å². The summed E-state index contributed by atoms with van der Waals surface area (Å²) in [6, 6.07) is 28.9. The van der Waals surface area contributed by atoms with Crippen molar-refractivity contribution >= 4 is 46.9 Å². The lowest BCUT2D eigenvalue weighted by Crippen LogP contribution is -2.30. The Balaban J connectivity index is 1.40. The Bertz CT molecular complexity index is 1550. The Morgan fingerprint density at radius 2 is 1.54 bits per heavy atom. The van der Waals surface area contributed by atoms with Gasteiger partial charge >= 0.3 is 0 Å². The normalized spacial score (nSPS) is 11.0. The van der Waals surface area contributed by atoms with Crippen molar-refractivity contribution in [3.05, 3.63) is 125 Å². The Morgan fingerprint density at radius 1 is 0.829 bits per heavy atom. The molecule has 4 aromatic carbocycles. The van der Waals surface area contributed by atoms with E-state index in [2.05, 4.69) is 16.0 Å². The summed E-state index contributed by atoms with van der Waals surface area (Å²) >= 11 is 1.40. The van der Waals surface area contributed by atoms with Crippen LogP contribution in [0.4, 0.5) is 11.4 Å². The van der Waals surface area contributed by atoms with Crippen LogP contribution in [0.25, 0.3) is 6.08 Å². The topological polar surface area (TPSA) is 96.5 Å². The summed E-state index contributed by atoms with van der Waals surface area (Å²) < 4.78 is 5.20. The van der Waals surface area contributed by atoms with Gasteiger partial charge < -0.3 is 20.7 Å². The second-order valence-corrected chi connectivity index (χ2v) is 10.3. The van der Waals surface area contributed by atoms with E-state index in [0.29, 0.717) is 17.0 Å². The van der Waals surface area contributed by atoms with Crippen LogP contribution in [0.2, 0.25) is 0 Å². The molecule has 0 bridgehead atoms. The van der Waals surface area contributed by atoms with Crippen LogP contribution in [0.5, 0.6) is 5.75 Å². The van der Waals surface area contributed by atoms with Gasteiger partial charge in [-0.25, -0.2) is 0 Å². The van der Waals surface area contributed by atoms with Crippen molar-refractivity contribution in [3.63, 3.8) is 0 Å². The van der Waals surface area contributed by atoms with Crippen LogP contribution in [0, 0.1) is 13.8 Å². The van der Waals surface area contributed by atoms with Crippen LogP contribution in [-0.4, -0.2) is 30.6 Å². The predicted octanol–water partition coefficient (Wildman–Crippen LogP) is 6.45. The Hall–Kier alpha value is -4.82. The largest absolute Gasteiger partial charge is 0.497 e. The summed E-state index contributed by atoms with van der Waals surface area (Å²) in [4.78, 5) is 39.4. The highest BCUT2D eigenvalue weighted by Crippen LogP contribution is 2.22. The molecule has 7 nitrogen and oxygen atoms in total. The molecule has 0 saturated heterocycles. The highest BCUT2D eigenvalue weighted by atomic mass is 32.2. The van der Waals surface area contributed by atoms with Crippen LogP contribution < -0.4 is 20.7 Å². The van der Waals surface area contributed by atoms with Crippen LogP contribution in [0.3, 0.4) is 0 Å². The first kappa shape index (κ1) is 29.2. The molecule has 0 spiro atoms. The molecule has 0 fully saturated rings. The minimum Gasteiger partial charge on any atom is -0.497 e. The van der Waals surface area contributed by atoms with E-state index in [0.717, 1.165) is 27.3 Å². The third kappa shape index (κ3) is 8.58. The van der Waals surface area contributed by atoms with Gasteiger partial charge in [0.05, 0.1) is 12.9 Å². The van der Waals surface area contributed by atoms with Crippen molar-refractivity contribution in [1.82, 2.24) is 5.32 Å². The molecule has 4 rings (SSSR count). The molecule has 8 heteroatoms. The first-order valence-corrected chi connectivity index (χ1v) is 13.9. The number of amides is 3. The number of hydrogen-bond acceptors (Lipinski definition) is 5. The highest BCUT2D eigenvalue weighted by Gasteiger charge is 2.15. The number of ether oxygens (including phenoxy) is 1. The van der Waals surface area contributed by atoms with Crippen molar-refractivity contribution in [2.45, 2.75) is 18.7 Å². The van der Waals surface area contributed by atoms with Gasteiger partial charge in [0.15, 0.2) is 0 Å². The average Bonchev–Trinajstić information content (AvgIpc) is 2.98. The molecule has 41 heavy (non-hydrogen) atoms. The number of methoxy groups -OCH3 is 1. The van der Waals surface area contributed by atoms with E-state index >= 15 is 0 Å². The monoisotopic (exact) mass is 565 g/mol. The summed E-state index contributed by atoms with van der Waals surface area (Å²) in [6.45, 7) is 3.98. The van der Waals surface area contributed by atoms with Crippen molar-refractivity contribution in [1.29, 1.82) is 0 Å². The number of carbonyl (C=O) groups is 3. The summed E-state index contributed by atoms with van der Waals surface area (Å²) in [5, 5.41) is 8.52. The maximum absolute atomic E-state index is 13.3. The zero-order chi connectivity index (χ0) is 29.2. The lowest BCUT2D eigenvalue weighted by molar-refractivity contribution is -0.114. The molecule has 4 aromatic rings. The summed E-state index contributed by atoms with van der Waals surface area (Å²) in [5.41, 5.74) is 4.75. The fourth-order valence-corrected chi connectivity index (χ4v) is 4.63. The Labute approximate surface area is 244 Å². The van der Waals surface area contributed by atoms with Crippen molar-refractivity contribution in [3.8, 4) is 5.75 Å². The minimum absolute atomic E-state index is 0.0885.